The number of nitrogens with zero attached hydrogens (tertiary/aromatic N) is 2. The van der Waals surface area contributed by atoms with Crippen molar-refractivity contribution in [3.8, 4) is 0 Å². The van der Waals surface area contributed by atoms with E-state index in [0.717, 1.165) is 30.5 Å². The summed E-state index contributed by atoms with van der Waals surface area (Å²) in [7, 11) is 3.56. The van der Waals surface area contributed by atoms with Crippen molar-refractivity contribution in [3.05, 3.63) is 34.3 Å². The van der Waals surface area contributed by atoms with Gasteiger partial charge in [0.05, 0.1) is 0 Å². The van der Waals surface area contributed by atoms with Crippen molar-refractivity contribution in [2.24, 2.45) is 13.0 Å². The van der Waals surface area contributed by atoms with Crippen molar-refractivity contribution in [1.29, 1.82) is 0 Å². The lowest BCUT2D eigenvalue weighted by atomic mass is 9.92. The minimum atomic E-state index is 0.0818. The van der Waals surface area contributed by atoms with Crippen molar-refractivity contribution >= 4 is 5.95 Å². The maximum Gasteiger partial charge on any atom is 0.258 e. The van der Waals surface area contributed by atoms with Gasteiger partial charge in [-0.1, -0.05) is 32.3 Å². The van der Waals surface area contributed by atoms with E-state index >= 15 is 0 Å². The average Bonchev–Trinajstić information content (AvgIpc) is 2.52. The molecule has 1 N–H and O–H groups in total. The number of hydrogen-bond donors (Lipinski definition) is 1. The smallest absolute Gasteiger partial charge is 0.258 e. The zero-order valence-corrected chi connectivity index (χ0v) is 14.6. The van der Waals surface area contributed by atoms with Crippen LogP contribution in [0.1, 0.15) is 56.7 Å². The fraction of sp³-hybridized carbons (Fsp3) is 0.667. The number of unbranched alkanes of at least 4 members (excludes halogenated alkanes) is 2. The van der Waals surface area contributed by atoms with E-state index in [1.54, 1.807) is 18.7 Å². The van der Waals surface area contributed by atoms with Gasteiger partial charge in [0.2, 0.25) is 5.95 Å². The number of nitrogens with one attached hydrogen (secondary N) is 1. The van der Waals surface area contributed by atoms with E-state index in [2.05, 4.69) is 23.8 Å². The summed E-state index contributed by atoms with van der Waals surface area (Å²) in [4.78, 5) is 16.9. The molecular formula is C18H31N3O. The Morgan fingerprint density at radius 2 is 2.09 bits per heavy atom. The van der Waals surface area contributed by atoms with E-state index in [4.69, 9.17) is 0 Å². The molecule has 4 heteroatoms. The maximum atomic E-state index is 12.4. The molecule has 0 saturated heterocycles. The Kier molecular flexibility index (Phi) is 7.92. The van der Waals surface area contributed by atoms with Gasteiger partial charge in [-0.2, -0.15) is 0 Å². The molecule has 0 saturated carbocycles. The highest BCUT2D eigenvalue weighted by Gasteiger charge is 2.13. The Bertz CT molecular complexity index is 534. The van der Waals surface area contributed by atoms with Gasteiger partial charge < -0.3 is 5.32 Å². The molecule has 0 aliphatic carbocycles. The zero-order chi connectivity index (χ0) is 16.5. The first-order chi connectivity index (χ1) is 10.5. The van der Waals surface area contributed by atoms with E-state index in [0.29, 0.717) is 11.9 Å². The van der Waals surface area contributed by atoms with Gasteiger partial charge in [-0.25, -0.2) is 4.98 Å². The second kappa shape index (κ2) is 9.44. The Balaban J connectivity index is 2.68. The molecule has 0 aliphatic rings. The molecule has 0 amide bonds. The van der Waals surface area contributed by atoms with E-state index in [1.807, 2.05) is 13.0 Å². The lowest BCUT2D eigenvalue weighted by Gasteiger charge is -2.16. The van der Waals surface area contributed by atoms with Crippen LogP contribution in [0.15, 0.2) is 17.4 Å². The Morgan fingerprint density at radius 1 is 1.36 bits per heavy atom. The molecule has 0 spiro atoms. The molecule has 1 heterocycles. The summed E-state index contributed by atoms with van der Waals surface area (Å²) in [5, 5.41) is 2.96. The van der Waals surface area contributed by atoms with Crippen molar-refractivity contribution in [2.75, 3.05) is 12.4 Å². The summed E-state index contributed by atoms with van der Waals surface area (Å²) in [5.74, 6) is 1.32. The van der Waals surface area contributed by atoms with E-state index in [1.165, 1.54) is 25.7 Å². The third-order valence-electron chi connectivity index (χ3n) is 4.47. The highest BCUT2D eigenvalue weighted by atomic mass is 16.1. The Hall–Kier alpha value is -1.58. The van der Waals surface area contributed by atoms with Crippen LogP contribution in [0, 0.1) is 12.8 Å². The van der Waals surface area contributed by atoms with Crippen LogP contribution in [0.25, 0.3) is 0 Å². The monoisotopic (exact) mass is 305 g/mol. The van der Waals surface area contributed by atoms with Gasteiger partial charge in [0.15, 0.2) is 0 Å². The van der Waals surface area contributed by atoms with Gasteiger partial charge in [-0.3, -0.25) is 9.36 Å². The molecule has 0 fully saturated rings. The lowest BCUT2D eigenvalue weighted by molar-refractivity contribution is 0.417. The van der Waals surface area contributed by atoms with E-state index < -0.39 is 0 Å². The maximum absolute atomic E-state index is 12.4. The molecule has 124 valence electrons. The summed E-state index contributed by atoms with van der Waals surface area (Å²) >= 11 is 0. The molecule has 22 heavy (non-hydrogen) atoms. The fourth-order valence-corrected chi connectivity index (χ4v) is 2.89. The molecule has 0 aliphatic heterocycles. The molecule has 1 unspecified atom stereocenters. The number of hydrogen-bond acceptors (Lipinski definition) is 3. The predicted molar refractivity (Wildman–Crippen MR) is 94.5 cm³/mol. The summed E-state index contributed by atoms with van der Waals surface area (Å²) in [6, 6.07) is 0. The molecule has 1 atom stereocenters. The molecule has 0 aromatic carbocycles. The van der Waals surface area contributed by atoms with Crippen molar-refractivity contribution in [3.63, 3.8) is 0 Å². The third-order valence-corrected chi connectivity index (χ3v) is 4.47. The van der Waals surface area contributed by atoms with E-state index in [9.17, 15) is 4.79 Å². The number of aryl methyl sites for hydroxylation is 1. The molecule has 4 nitrogen and oxygen atoms in total. The van der Waals surface area contributed by atoms with Crippen LogP contribution in [0.3, 0.4) is 0 Å². The highest BCUT2D eigenvalue weighted by Crippen LogP contribution is 2.20. The number of allylic oxidation sites excluding steroid dienone is 1. The van der Waals surface area contributed by atoms with Gasteiger partial charge in [0.1, 0.15) is 0 Å². The first-order valence-electron chi connectivity index (χ1n) is 8.40. The molecule has 1 aromatic heterocycles. The number of rotatable bonds is 10. The largest absolute Gasteiger partial charge is 0.359 e. The van der Waals surface area contributed by atoms with Gasteiger partial charge in [0, 0.05) is 25.4 Å². The molecule has 1 aromatic rings. The normalized spacial score (nSPS) is 12.2. The summed E-state index contributed by atoms with van der Waals surface area (Å²) < 4.78 is 1.60. The van der Waals surface area contributed by atoms with Gasteiger partial charge in [-0.05, 0) is 38.5 Å². The second-order valence-electron chi connectivity index (χ2n) is 6.00. The Morgan fingerprint density at radius 3 is 2.68 bits per heavy atom. The minimum Gasteiger partial charge on any atom is -0.359 e. The van der Waals surface area contributed by atoms with Gasteiger partial charge >= 0.3 is 0 Å². The number of aromatic nitrogens is 2. The average molecular weight is 305 g/mol. The summed E-state index contributed by atoms with van der Waals surface area (Å²) in [6.45, 7) is 7.94. The molecule has 1 rings (SSSR count). The SMILES string of the molecule is C=CCCCCC(CC)CCc1c(C)nc(NC)n(C)c1=O. The van der Waals surface area contributed by atoms with Crippen LogP contribution in [0.5, 0.6) is 0 Å². The summed E-state index contributed by atoms with van der Waals surface area (Å²) in [5.41, 5.74) is 1.80. The standard InChI is InChI=1S/C18H31N3O/c1-6-8-9-10-11-15(7-2)12-13-16-14(3)20-18(19-4)21(5)17(16)22/h6,15H,1,7-13H2,2-5H3,(H,19,20). The first kappa shape index (κ1) is 18.5. The van der Waals surface area contributed by atoms with Crippen LogP contribution in [0.2, 0.25) is 0 Å². The van der Waals surface area contributed by atoms with Crippen LogP contribution >= 0.6 is 0 Å². The van der Waals surface area contributed by atoms with Gasteiger partial charge in [-0.15, -0.1) is 6.58 Å². The quantitative estimate of drug-likeness (QED) is 0.528. The predicted octanol–water partition coefficient (Wildman–Crippen LogP) is 3.84. The van der Waals surface area contributed by atoms with Crippen LogP contribution in [-0.2, 0) is 13.5 Å². The third kappa shape index (κ3) is 5.00. The first-order valence-corrected chi connectivity index (χ1v) is 8.40. The van der Waals surface area contributed by atoms with Gasteiger partial charge in [0.25, 0.3) is 5.56 Å². The fourth-order valence-electron chi connectivity index (χ4n) is 2.89. The lowest BCUT2D eigenvalue weighted by Crippen LogP contribution is -2.26. The minimum absolute atomic E-state index is 0.0818. The topological polar surface area (TPSA) is 46.9 Å². The molecule has 0 bridgehead atoms. The van der Waals surface area contributed by atoms with Crippen molar-refractivity contribution in [1.82, 2.24) is 9.55 Å². The zero-order valence-electron chi connectivity index (χ0n) is 14.6. The van der Waals surface area contributed by atoms with Crippen LogP contribution in [0.4, 0.5) is 5.95 Å². The van der Waals surface area contributed by atoms with E-state index in [-0.39, 0.29) is 5.56 Å². The number of anilines is 1. The van der Waals surface area contributed by atoms with Crippen LogP contribution < -0.4 is 10.9 Å². The molecule has 0 radical (unpaired) electrons. The summed E-state index contributed by atoms with van der Waals surface area (Å²) in [6.07, 6.45) is 9.88. The Labute approximate surface area is 134 Å². The van der Waals surface area contributed by atoms with Crippen LogP contribution in [-0.4, -0.2) is 16.6 Å². The highest BCUT2D eigenvalue weighted by molar-refractivity contribution is 5.30. The second-order valence-corrected chi connectivity index (χ2v) is 6.00. The van der Waals surface area contributed by atoms with Crippen molar-refractivity contribution < 1.29 is 0 Å². The van der Waals surface area contributed by atoms with Crippen molar-refractivity contribution in [2.45, 2.75) is 58.8 Å². The molecular weight excluding hydrogens is 274 g/mol.